The minimum absolute atomic E-state index is 0.875. The monoisotopic (exact) mass is 516 g/mol. The number of unbranched alkanes of at least 4 members (excludes halogenated alkanes) is 29. The highest BCUT2D eigenvalue weighted by atomic mass is 35.5. The number of hydrogen-bond donors (Lipinski definition) is 1. The van der Waals surface area contributed by atoms with Gasteiger partial charge in [0.1, 0.15) is 0 Å². The highest BCUT2D eigenvalue weighted by Crippen LogP contribution is 2.16. The molecule has 0 rings (SSSR count). The molecular weight excluding hydrogens is 446 g/mol. The summed E-state index contributed by atoms with van der Waals surface area (Å²) < 4.78 is 0. The van der Waals surface area contributed by atoms with Crippen molar-refractivity contribution in [1.29, 1.82) is 0 Å². The van der Waals surface area contributed by atoms with Crippen LogP contribution in [0.3, 0.4) is 0 Å². The van der Waals surface area contributed by atoms with Crippen molar-refractivity contribution in [3.63, 3.8) is 0 Å². The highest BCUT2D eigenvalue weighted by molar-refractivity contribution is 6.15. The summed E-state index contributed by atoms with van der Waals surface area (Å²) in [5.41, 5.74) is 5.54. The molecule has 214 valence electrons. The molecule has 0 aliphatic rings. The molecule has 2 heteroatoms. The summed E-state index contributed by atoms with van der Waals surface area (Å²) in [7, 11) is 0. The highest BCUT2D eigenvalue weighted by Gasteiger charge is 1.96. The van der Waals surface area contributed by atoms with Crippen molar-refractivity contribution in [2.24, 2.45) is 5.73 Å². The fourth-order valence-corrected chi connectivity index (χ4v) is 5.17. The molecule has 0 spiro atoms. The van der Waals surface area contributed by atoms with Gasteiger partial charge < -0.3 is 5.73 Å². The first-order valence-corrected chi connectivity index (χ1v) is 17.2. The predicted octanol–water partition coefficient (Wildman–Crippen LogP) is 12.5. The van der Waals surface area contributed by atoms with Crippen LogP contribution in [0.4, 0.5) is 0 Å². The molecule has 0 fully saturated rings. The van der Waals surface area contributed by atoms with Crippen molar-refractivity contribution in [3.8, 4) is 0 Å². The Balaban J connectivity index is 0. The zero-order valence-electron chi connectivity index (χ0n) is 24.9. The van der Waals surface area contributed by atoms with Crippen LogP contribution in [-0.2, 0) is 0 Å². The predicted molar refractivity (Wildman–Crippen MR) is 165 cm³/mol. The third-order valence-corrected chi connectivity index (χ3v) is 7.56. The molecule has 35 heavy (non-hydrogen) atoms. The summed E-state index contributed by atoms with van der Waals surface area (Å²) in [5, 5.41) is 0. The second-order valence-corrected chi connectivity index (χ2v) is 11.0. The zero-order valence-corrected chi connectivity index (χ0v) is 25.6. The third-order valence-electron chi connectivity index (χ3n) is 7.56. The van der Waals surface area contributed by atoms with Gasteiger partial charge in [0, 0.05) is 6.38 Å². The third kappa shape index (κ3) is 38.9. The maximum Gasteiger partial charge on any atom is 0.0108 e. The lowest BCUT2D eigenvalue weighted by Gasteiger charge is -2.04. The average molecular weight is 516 g/mol. The molecular formula is C33H70ClN. The molecule has 0 radical (unpaired) electrons. The summed E-state index contributed by atoms with van der Waals surface area (Å²) in [6.45, 7) is 3.18. The summed E-state index contributed by atoms with van der Waals surface area (Å²) in [5.74, 6) is 0. The van der Waals surface area contributed by atoms with E-state index in [-0.39, 0.29) is 0 Å². The van der Waals surface area contributed by atoms with E-state index >= 15 is 0 Å². The lowest BCUT2D eigenvalue weighted by atomic mass is 10.0. The molecule has 0 aliphatic heterocycles. The van der Waals surface area contributed by atoms with Crippen LogP contribution in [-0.4, -0.2) is 12.9 Å². The lowest BCUT2D eigenvalue weighted by molar-refractivity contribution is 0.513. The normalized spacial score (nSPS) is 11.0. The van der Waals surface area contributed by atoms with E-state index in [1.54, 1.807) is 0 Å². The van der Waals surface area contributed by atoms with Gasteiger partial charge in [0.15, 0.2) is 0 Å². The number of halogens is 1. The Morgan fingerprint density at radius 1 is 0.286 bits per heavy atom. The molecule has 0 saturated carbocycles. The number of hydrogen-bond acceptors (Lipinski definition) is 1. The van der Waals surface area contributed by atoms with Gasteiger partial charge in [-0.15, -0.1) is 11.6 Å². The maximum atomic E-state index is 5.54. The lowest BCUT2D eigenvalue weighted by Crippen LogP contribution is -1.97. The second kappa shape index (κ2) is 38.8. The van der Waals surface area contributed by atoms with Crippen LogP contribution >= 0.6 is 11.6 Å². The van der Waals surface area contributed by atoms with E-state index in [1.165, 1.54) is 199 Å². The Morgan fingerprint density at radius 3 is 0.571 bits per heavy atom. The Bertz CT molecular complexity index is 290. The standard InChI is InChI=1S/C32H67N.CH3Cl/c1-2-3-4-5-6-7-8-9-10-11-12-13-14-15-16-17-18-19-20-21-22-23-24-25-26-27-28-29-30-31-32-33;1-2/h2-33H2,1H3;1H3. The van der Waals surface area contributed by atoms with E-state index in [2.05, 4.69) is 18.5 Å². The molecule has 0 saturated heterocycles. The zero-order chi connectivity index (χ0) is 25.9. The van der Waals surface area contributed by atoms with Gasteiger partial charge in [-0.3, -0.25) is 0 Å². The Hall–Kier alpha value is 0.250. The molecule has 0 amide bonds. The summed E-state index contributed by atoms with van der Waals surface area (Å²) >= 11 is 4.64. The van der Waals surface area contributed by atoms with Crippen LogP contribution < -0.4 is 5.73 Å². The van der Waals surface area contributed by atoms with Crippen LogP contribution in [0.2, 0.25) is 0 Å². The van der Waals surface area contributed by atoms with Gasteiger partial charge >= 0.3 is 0 Å². The van der Waals surface area contributed by atoms with E-state index in [0.29, 0.717) is 0 Å². The van der Waals surface area contributed by atoms with E-state index in [0.717, 1.165) is 6.54 Å². The van der Waals surface area contributed by atoms with Gasteiger partial charge in [-0.05, 0) is 13.0 Å². The molecule has 0 unspecified atom stereocenters. The van der Waals surface area contributed by atoms with E-state index in [9.17, 15) is 0 Å². The van der Waals surface area contributed by atoms with Crippen molar-refractivity contribution in [2.75, 3.05) is 12.9 Å². The van der Waals surface area contributed by atoms with Gasteiger partial charge in [0.05, 0.1) is 0 Å². The van der Waals surface area contributed by atoms with Gasteiger partial charge in [0.25, 0.3) is 0 Å². The topological polar surface area (TPSA) is 26.0 Å². The summed E-state index contributed by atoms with van der Waals surface area (Å²) in [4.78, 5) is 0. The van der Waals surface area contributed by atoms with Crippen molar-refractivity contribution >= 4 is 11.6 Å². The van der Waals surface area contributed by atoms with E-state index < -0.39 is 0 Å². The van der Waals surface area contributed by atoms with Crippen molar-refractivity contribution in [1.82, 2.24) is 0 Å². The molecule has 0 aromatic heterocycles. The Kier molecular flexibility index (Phi) is 41.4. The fourth-order valence-electron chi connectivity index (χ4n) is 5.17. The largest absolute Gasteiger partial charge is 0.330 e. The summed E-state index contributed by atoms with van der Waals surface area (Å²) in [6.07, 6.45) is 45.3. The van der Waals surface area contributed by atoms with Crippen molar-refractivity contribution in [2.45, 2.75) is 200 Å². The number of nitrogens with two attached hydrogens (primary N) is 1. The minimum atomic E-state index is 0.875. The maximum absolute atomic E-state index is 5.54. The molecule has 0 aromatic rings. The average Bonchev–Trinajstić information content (AvgIpc) is 2.89. The number of rotatable bonds is 30. The molecule has 0 aromatic carbocycles. The first-order chi connectivity index (χ1) is 17.4. The molecule has 1 nitrogen and oxygen atoms in total. The molecule has 2 N–H and O–H groups in total. The summed E-state index contributed by atoms with van der Waals surface area (Å²) in [6, 6.07) is 0. The van der Waals surface area contributed by atoms with E-state index in [1.807, 2.05) is 0 Å². The van der Waals surface area contributed by atoms with Crippen LogP contribution in [0.25, 0.3) is 0 Å². The van der Waals surface area contributed by atoms with Crippen LogP contribution in [0, 0.1) is 0 Å². The smallest absolute Gasteiger partial charge is 0.0108 e. The van der Waals surface area contributed by atoms with Gasteiger partial charge in [0.2, 0.25) is 0 Å². The number of alkyl halides is 1. The van der Waals surface area contributed by atoms with E-state index in [4.69, 9.17) is 5.73 Å². The van der Waals surface area contributed by atoms with Crippen LogP contribution in [0.5, 0.6) is 0 Å². The Morgan fingerprint density at radius 2 is 0.429 bits per heavy atom. The quantitative estimate of drug-likeness (QED) is 0.0746. The molecule has 0 atom stereocenters. The Labute approximate surface area is 229 Å². The first-order valence-electron chi connectivity index (χ1n) is 16.5. The van der Waals surface area contributed by atoms with Crippen molar-refractivity contribution in [3.05, 3.63) is 0 Å². The second-order valence-electron chi connectivity index (χ2n) is 11.0. The van der Waals surface area contributed by atoms with Crippen LogP contribution in [0.15, 0.2) is 0 Å². The van der Waals surface area contributed by atoms with Gasteiger partial charge in [-0.25, -0.2) is 0 Å². The molecule has 0 aliphatic carbocycles. The van der Waals surface area contributed by atoms with Crippen LogP contribution in [0.1, 0.15) is 200 Å². The SMILES string of the molecule is CCCCCCCCCCCCCCCCCCCCCCCCCCCCCCCCN.CCl. The van der Waals surface area contributed by atoms with Gasteiger partial charge in [-0.1, -0.05) is 193 Å². The fraction of sp³-hybridized carbons (Fsp3) is 1.00. The minimum Gasteiger partial charge on any atom is -0.330 e. The van der Waals surface area contributed by atoms with Crippen molar-refractivity contribution < 1.29 is 0 Å². The first kappa shape index (κ1) is 37.4. The molecule has 0 bridgehead atoms. The van der Waals surface area contributed by atoms with Gasteiger partial charge in [-0.2, -0.15) is 0 Å². The molecule has 0 heterocycles.